The molecule has 1 aliphatic heterocycles. The molecule has 0 bridgehead atoms. The second kappa shape index (κ2) is 7.11. The Morgan fingerprint density at radius 3 is 3.11 bits per heavy atom. The molecule has 0 saturated heterocycles. The van der Waals surface area contributed by atoms with Crippen LogP contribution in [0.1, 0.15) is 20.1 Å². The average molecular weight is 364 g/mol. The Kier molecular flexibility index (Phi) is 5.74. The van der Waals surface area contributed by atoms with Crippen molar-refractivity contribution < 1.29 is 9.53 Å². The van der Waals surface area contributed by atoms with E-state index in [2.05, 4.69) is 22.0 Å². The first-order valence-electron chi connectivity index (χ1n) is 6.19. The average Bonchev–Trinajstić information content (AvgIpc) is 2.81. The molecule has 19 heavy (non-hydrogen) atoms. The summed E-state index contributed by atoms with van der Waals surface area (Å²) >= 11 is 7.12. The minimum atomic E-state index is 0.116. The molecule has 3 nitrogen and oxygen atoms in total. The lowest BCUT2D eigenvalue weighted by atomic mass is 10.2. The van der Waals surface area contributed by atoms with Gasteiger partial charge in [0.25, 0.3) is 5.91 Å². The lowest BCUT2D eigenvalue weighted by Crippen LogP contribution is -2.33. The molecule has 6 heteroatoms. The van der Waals surface area contributed by atoms with Crippen molar-refractivity contribution in [1.82, 2.24) is 4.90 Å². The van der Waals surface area contributed by atoms with Gasteiger partial charge in [-0.15, -0.1) is 11.3 Å². The number of alkyl halides is 1. The van der Waals surface area contributed by atoms with Crippen molar-refractivity contribution in [2.24, 2.45) is 0 Å². The van der Waals surface area contributed by atoms with Crippen LogP contribution in [0.2, 0.25) is 0 Å². The molecule has 0 aromatic carbocycles. The highest BCUT2D eigenvalue weighted by atomic mass is 79.9. The molecule has 0 spiro atoms. The van der Waals surface area contributed by atoms with Gasteiger partial charge in [-0.2, -0.15) is 11.8 Å². The van der Waals surface area contributed by atoms with E-state index >= 15 is 0 Å². The van der Waals surface area contributed by atoms with Crippen molar-refractivity contribution in [3.63, 3.8) is 0 Å². The molecule has 2 heterocycles. The van der Waals surface area contributed by atoms with Crippen LogP contribution in [0.15, 0.2) is 6.07 Å². The van der Waals surface area contributed by atoms with Gasteiger partial charge in [0.15, 0.2) is 0 Å². The number of nitrogens with zero attached hydrogens (tertiary/aromatic N) is 1. The Hall–Kier alpha value is -0.0400. The summed E-state index contributed by atoms with van der Waals surface area (Å²) in [5.41, 5.74) is 1.35. The second-order valence-corrected chi connectivity index (χ2v) is 8.14. The molecule has 1 aromatic heterocycles. The molecule has 0 fully saturated rings. The number of hydrogen-bond donors (Lipinski definition) is 0. The Labute approximate surface area is 130 Å². The fourth-order valence-corrected chi connectivity index (χ4v) is 5.12. The number of halogens is 1. The molecule has 0 aliphatic carbocycles. The number of hydrogen-bond acceptors (Lipinski definition) is 4. The van der Waals surface area contributed by atoms with Crippen LogP contribution in [-0.4, -0.2) is 48.7 Å². The van der Waals surface area contributed by atoms with Gasteiger partial charge in [0.2, 0.25) is 0 Å². The summed E-state index contributed by atoms with van der Waals surface area (Å²) in [4.78, 5) is 16.6. The van der Waals surface area contributed by atoms with Gasteiger partial charge in [-0.25, -0.2) is 0 Å². The molecule has 1 unspecified atom stereocenters. The monoisotopic (exact) mass is 363 g/mol. The zero-order valence-corrected chi connectivity index (χ0v) is 14.4. The summed E-state index contributed by atoms with van der Waals surface area (Å²) in [7, 11) is 3.51. The lowest BCUT2D eigenvalue weighted by Gasteiger charge is -2.19. The summed E-state index contributed by atoms with van der Waals surface area (Å²) in [5.74, 6) is 2.34. The van der Waals surface area contributed by atoms with Crippen LogP contribution in [-0.2, 0) is 16.9 Å². The van der Waals surface area contributed by atoms with E-state index in [1.54, 1.807) is 23.3 Å². The lowest BCUT2D eigenvalue weighted by molar-refractivity contribution is 0.0789. The van der Waals surface area contributed by atoms with Gasteiger partial charge in [-0.3, -0.25) is 4.79 Å². The Balaban J connectivity index is 2.00. The summed E-state index contributed by atoms with van der Waals surface area (Å²) in [6, 6.07) is 2.07. The molecule has 0 radical (unpaired) electrons. The van der Waals surface area contributed by atoms with E-state index in [4.69, 9.17) is 4.74 Å². The van der Waals surface area contributed by atoms with E-state index in [9.17, 15) is 4.79 Å². The first-order valence-corrected chi connectivity index (χ1v) is 9.08. The van der Waals surface area contributed by atoms with Gasteiger partial charge in [-0.05, 0) is 23.8 Å². The highest BCUT2D eigenvalue weighted by Crippen LogP contribution is 2.32. The number of carbonyl (C=O) groups excluding carboxylic acids is 1. The number of fused-ring (bicyclic) bond motifs is 1. The smallest absolute Gasteiger partial charge is 0.263 e. The normalized spacial score (nSPS) is 15.9. The molecule has 1 aromatic rings. The predicted octanol–water partition coefficient (Wildman–Crippen LogP) is 3.02. The highest BCUT2D eigenvalue weighted by Gasteiger charge is 2.21. The van der Waals surface area contributed by atoms with Crippen LogP contribution in [0, 0.1) is 0 Å². The molecule has 1 aliphatic rings. The van der Waals surface area contributed by atoms with Crippen LogP contribution < -0.4 is 0 Å². The molecule has 0 saturated carbocycles. The van der Waals surface area contributed by atoms with Crippen molar-refractivity contribution in [3.8, 4) is 0 Å². The number of rotatable bonds is 5. The van der Waals surface area contributed by atoms with Crippen molar-refractivity contribution in [1.29, 1.82) is 0 Å². The third-order valence-electron chi connectivity index (χ3n) is 3.00. The maximum Gasteiger partial charge on any atom is 0.263 e. The maximum absolute atomic E-state index is 12.4. The Morgan fingerprint density at radius 2 is 2.42 bits per heavy atom. The summed E-state index contributed by atoms with van der Waals surface area (Å²) in [6.07, 6.45) is 1.10. The quantitative estimate of drug-likeness (QED) is 0.753. The predicted molar refractivity (Wildman–Crippen MR) is 85.7 cm³/mol. The minimum Gasteiger partial charge on any atom is -0.383 e. The zero-order chi connectivity index (χ0) is 13.8. The maximum atomic E-state index is 12.4. The van der Waals surface area contributed by atoms with Crippen LogP contribution in [0.4, 0.5) is 0 Å². The summed E-state index contributed by atoms with van der Waals surface area (Å²) < 4.78 is 5.07. The number of amides is 1. The van der Waals surface area contributed by atoms with E-state index in [0.717, 1.165) is 17.1 Å². The van der Waals surface area contributed by atoms with Gasteiger partial charge in [0.05, 0.1) is 16.3 Å². The molecule has 2 rings (SSSR count). The molecule has 0 N–H and O–H groups in total. The van der Waals surface area contributed by atoms with E-state index in [-0.39, 0.29) is 10.7 Å². The van der Waals surface area contributed by atoms with Gasteiger partial charge < -0.3 is 9.64 Å². The van der Waals surface area contributed by atoms with Crippen molar-refractivity contribution >= 4 is 44.9 Å². The van der Waals surface area contributed by atoms with Crippen molar-refractivity contribution in [2.75, 3.05) is 33.1 Å². The molecular formula is C13H18BrNO2S2. The third-order valence-corrected chi connectivity index (χ3v) is 5.79. The number of ether oxygens (including phenoxy) is 1. The first kappa shape index (κ1) is 15.4. The Morgan fingerprint density at radius 1 is 1.63 bits per heavy atom. The van der Waals surface area contributed by atoms with Crippen LogP contribution in [0.5, 0.6) is 0 Å². The third kappa shape index (κ3) is 3.97. The van der Waals surface area contributed by atoms with E-state index in [1.165, 1.54) is 16.2 Å². The second-order valence-electron chi connectivity index (χ2n) is 4.60. The van der Waals surface area contributed by atoms with Crippen LogP contribution in [0.3, 0.4) is 0 Å². The van der Waals surface area contributed by atoms with Crippen LogP contribution in [0.25, 0.3) is 0 Å². The Bertz CT molecular complexity index is 426. The van der Waals surface area contributed by atoms with E-state index in [0.29, 0.717) is 13.2 Å². The van der Waals surface area contributed by atoms with Gasteiger partial charge in [0, 0.05) is 31.3 Å². The number of carbonyl (C=O) groups is 1. The SMILES string of the molecule is COCC(Br)CN(C)C(=O)c1cc2c(s1)CCSC2. The molecule has 1 amide bonds. The van der Waals surface area contributed by atoms with Crippen molar-refractivity contribution in [2.45, 2.75) is 17.0 Å². The standard InChI is InChI=1S/C13H18BrNO2S2/c1-15(6-10(14)7-17-2)13(16)12-5-9-8-18-4-3-11(9)19-12/h5,10H,3-4,6-8H2,1-2H3. The number of thiophene rings is 1. The first-order chi connectivity index (χ1) is 9.11. The molecule has 1 atom stereocenters. The number of thioether (sulfide) groups is 1. The highest BCUT2D eigenvalue weighted by molar-refractivity contribution is 9.09. The minimum absolute atomic E-state index is 0.116. The van der Waals surface area contributed by atoms with Gasteiger partial charge in [0.1, 0.15) is 0 Å². The summed E-state index contributed by atoms with van der Waals surface area (Å²) in [6.45, 7) is 1.26. The van der Waals surface area contributed by atoms with E-state index in [1.807, 2.05) is 18.8 Å². The summed E-state index contributed by atoms with van der Waals surface area (Å²) in [5, 5.41) is 0. The van der Waals surface area contributed by atoms with Crippen LogP contribution >= 0.6 is 39.0 Å². The number of methoxy groups -OCH3 is 1. The van der Waals surface area contributed by atoms with Crippen molar-refractivity contribution in [3.05, 3.63) is 21.4 Å². The van der Waals surface area contributed by atoms with Gasteiger partial charge in [-0.1, -0.05) is 15.9 Å². The van der Waals surface area contributed by atoms with E-state index < -0.39 is 0 Å². The zero-order valence-electron chi connectivity index (χ0n) is 11.1. The number of aryl methyl sites for hydroxylation is 1. The van der Waals surface area contributed by atoms with Gasteiger partial charge >= 0.3 is 0 Å². The fraction of sp³-hybridized carbons (Fsp3) is 0.615. The largest absolute Gasteiger partial charge is 0.383 e. The fourth-order valence-electron chi connectivity index (χ4n) is 2.05. The molecular weight excluding hydrogens is 346 g/mol. The molecule has 106 valence electrons. The topological polar surface area (TPSA) is 29.5 Å².